The zero-order valence-electron chi connectivity index (χ0n) is 25.7. The molecule has 0 unspecified atom stereocenters. The number of amides is 1. The summed E-state index contributed by atoms with van der Waals surface area (Å²) >= 11 is 0. The van der Waals surface area contributed by atoms with Crippen molar-refractivity contribution in [2.75, 3.05) is 24.8 Å². The van der Waals surface area contributed by atoms with Crippen LogP contribution >= 0.6 is 0 Å². The highest BCUT2D eigenvalue weighted by atomic mass is 32.2. The van der Waals surface area contributed by atoms with Gasteiger partial charge in [0.15, 0.2) is 23.4 Å². The summed E-state index contributed by atoms with van der Waals surface area (Å²) in [6, 6.07) is 15.2. The van der Waals surface area contributed by atoms with E-state index < -0.39 is 64.2 Å². The SMILES string of the molecule is CC(=O)O[C@H]1[C@@H](OC(C)=O)[C@](COS(C)(=O)=O)(n2cnc3c(=O)[nH]c(NC(=O)c4ccccc4)nc32)O[C@@H]1COc1ccc(C)cc1. The van der Waals surface area contributed by atoms with Gasteiger partial charge in [-0.3, -0.25) is 38.2 Å². The van der Waals surface area contributed by atoms with Crippen LogP contribution in [0.15, 0.2) is 65.7 Å². The van der Waals surface area contributed by atoms with Gasteiger partial charge in [0.2, 0.25) is 11.7 Å². The van der Waals surface area contributed by atoms with E-state index in [0.717, 1.165) is 36.6 Å². The minimum Gasteiger partial charge on any atom is -0.491 e. The summed E-state index contributed by atoms with van der Waals surface area (Å²) in [4.78, 5) is 61.7. The smallest absolute Gasteiger partial charge is 0.303 e. The van der Waals surface area contributed by atoms with Crippen molar-refractivity contribution in [1.82, 2.24) is 19.5 Å². The van der Waals surface area contributed by atoms with E-state index in [1.165, 1.54) is 0 Å². The van der Waals surface area contributed by atoms with Crippen molar-refractivity contribution in [2.45, 2.75) is 44.8 Å². The van der Waals surface area contributed by atoms with Gasteiger partial charge in [0.05, 0.1) is 12.6 Å². The molecule has 0 bridgehead atoms. The minimum atomic E-state index is -4.16. The van der Waals surface area contributed by atoms with Crippen LogP contribution in [0.2, 0.25) is 0 Å². The van der Waals surface area contributed by atoms with Gasteiger partial charge in [-0.05, 0) is 31.2 Å². The predicted molar refractivity (Wildman–Crippen MR) is 164 cm³/mol. The number of rotatable bonds is 11. The van der Waals surface area contributed by atoms with Gasteiger partial charge in [0.1, 0.15) is 25.1 Å². The summed E-state index contributed by atoms with van der Waals surface area (Å²) in [6.45, 7) is 3.00. The molecule has 4 atom stereocenters. The Morgan fingerprint density at radius 1 is 1.04 bits per heavy atom. The van der Waals surface area contributed by atoms with Crippen LogP contribution in [0.3, 0.4) is 0 Å². The van der Waals surface area contributed by atoms with Crippen molar-refractivity contribution in [3.05, 3.63) is 82.4 Å². The van der Waals surface area contributed by atoms with Crippen LogP contribution in [-0.4, -0.2) is 83.6 Å². The maximum Gasteiger partial charge on any atom is 0.303 e. The summed E-state index contributed by atoms with van der Waals surface area (Å²) in [5, 5.41) is 2.51. The number of aromatic nitrogens is 4. The fourth-order valence-corrected chi connectivity index (χ4v) is 5.43. The van der Waals surface area contributed by atoms with E-state index in [1.54, 1.807) is 42.5 Å². The standard InChI is InChI=1S/C30H31N5O11S/c1-17-10-12-21(13-11-17)42-14-22-24(44-18(2)36)25(45-19(3)37)30(46-22,15-43-47(4,40)41)35-16-31-23-26(35)32-29(34-28(23)39)33-27(38)20-8-6-5-7-9-20/h5-13,16,22,24-25H,14-15H2,1-4H3,(H2,32,33,34,38,39)/t22-,24-,25-,30-/m1/s1. The highest BCUT2D eigenvalue weighted by Crippen LogP contribution is 2.42. The molecular weight excluding hydrogens is 638 g/mol. The number of hydrogen-bond donors (Lipinski definition) is 2. The summed E-state index contributed by atoms with van der Waals surface area (Å²) in [7, 11) is -4.16. The number of nitrogens with one attached hydrogen (secondary N) is 2. The van der Waals surface area contributed by atoms with E-state index in [2.05, 4.69) is 20.3 Å². The molecule has 1 amide bonds. The molecule has 0 saturated carbocycles. The van der Waals surface area contributed by atoms with E-state index >= 15 is 0 Å². The lowest BCUT2D eigenvalue weighted by Crippen LogP contribution is -2.52. The molecule has 0 radical (unpaired) electrons. The third kappa shape index (κ3) is 7.48. The van der Waals surface area contributed by atoms with Crippen molar-refractivity contribution in [3.8, 4) is 5.75 Å². The summed E-state index contributed by atoms with van der Waals surface area (Å²) in [5.74, 6) is -2.05. The van der Waals surface area contributed by atoms with Gasteiger partial charge in [-0.1, -0.05) is 35.9 Å². The fraction of sp³-hybridized carbons (Fsp3) is 0.333. The van der Waals surface area contributed by atoms with Gasteiger partial charge >= 0.3 is 11.9 Å². The number of ether oxygens (including phenoxy) is 4. The monoisotopic (exact) mass is 669 g/mol. The molecule has 2 N–H and O–H groups in total. The van der Waals surface area contributed by atoms with Crippen LogP contribution in [-0.2, 0) is 43.8 Å². The molecule has 16 nitrogen and oxygen atoms in total. The van der Waals surface area contributed by atoms with Crippen molar-refractivity contribution in [3.63, 3.8) is 0 Å². The molecule has 1 saturated heterocycles. The number of anilines is 1. The Labute approximate surface area is 268 Å². The van der Waals surface area contributed by atoms with Gasteiger partial charge in [0, 0.05) is 19.4 Å². The topological polar surface area (TPSA) is 207 Å². The molecule has 2 aromatic carbocycles. The van der Waals surface area contributed by atoms with Gasteiger partial charge < -0.3 is 18.9 Å². The number of fused-ring (bicyclic) bond motifs is 1. The molecule has 1 aliphatic heterocycles. The molecule has 3 heterocycles. The number of imidazole rings is 1. The van der Waals surface area contributed by atoms with Gasteiger partial charge in [0.25, 0.3) is 21.6 Å². The minimum absolute atomic E-state index is 0.215. The summed E-state index contributed by atoms with van der Waals surface area (Å²) < 4.78 is 54.5. The largest absolute Gasteiger partial charge is 0.491 e. The van der Waals surface area contributed by atoms with Gasteiger partial charge in [-0.25, -0.2) is 4.98 Å². The van der Waals surface area contributed by atoms with Crippen molar-refractivity contribution in [2.24, 2.45) is 0 Å². The molecule has 248 valence electrons. The van der Waals surface area contributed by atoms with Gasteiger partial charge in [-0.2, -0.15) is 13.4 Å². The first kappa shape index (κ1) is 33.2. The maximum atomic E-state index is 13.1. The zero-order chi connectivity index (χ0) is 33.9. The lowest BCUT2D eigenvalue weighted by atomic mass is 10.0. The number of benzene rings is 2. The van der Waals surface area contributed by atoms with Crippen molar-refractivity contribution in [1.29, 1.82) is 0 Å². The number of H-pyrrole nitrogens is 1. The maximum absolute atomic E-state index is 13.1. The number of aryl methyl sites for hydroxylation is 1. The molecule has 2 aromatic heterocycles. The summed E-state index contributed by atoms with van der Waals surface area (Å²) in [6.07, 6.45) is -2.25. The molecule has 5 rings (SSSR count). The van der Waals surface area contributed by atoms with Crippen LogP contribution in [0.1, 0.15) is 29.8 Å². The summed E-state index contributed by atoms with van der Waals surface area (Å²) in [5.41, 5.74) is -2.13. The Hall–Kier alpha value is -5.13. The lowest BCUT2D eigenvalue weighted by molar-refractivity contribution is -0.188. The molecule has 0 spiro atoms. The number of hydrogen-bond acceptors (Lipinski definition) is 13. The second kappa shape index (κ2) is 13.3. The average molecular weight is 670 g/mol. The van der Waals surface area contributed by atoms with E-state index in [4.69, 9.17) is 23.1 Å². The molecular formula is C30H31N5O11S. The third-order valence-electron chi connectivity index (χ3n) is 7.06. The third-order valence-corrected chi connectivity index (χ3v) is 7.60. The van der Waals surface area contributed by atoms with Crippen LogP contribution in [0.4, 0.5) is 5.95 Å². The van der Waals surface area contributed by atoms with Crippen molar-refractivity contribution >= 4 is 45.1 Å². The van der Waals surface area contributed by atoms with E-state index in [0.29, 0.717) is 5.75 Å². The van der Waals surface area contributed by atoms with E-state index in [-0.39, 0.29) is 29.3 Å². The number of nitrogens with zero attached hydrogens (tertiary/aromatic N) is 3. The predicted octanol–water partition coefficient (Wildman–Crippen LogP) is 1.65. The quantitative estimate of drug-likeness (QED) is 0.172. The van der Waals surface area contributed by atoms with Crippen LogP contribution in [0.25, 0.3) is 11.2 Å². The Kier molecular flexibility index (Phi) is 9.41. The van der Waals surface area contributed by atoms with Crippen molar-refractivity contribution < 1.29 is 45.9 Å². The Morgan fingerprint density at radius 2 is 1.72 bits per heavy atom. The highest BCUT2D eigenvalue weighted by molar-refractivity contribution is 7.85. The molecule has 1 aliphatic rings. The Balaban J connectivity index is 1.64. The highest BCUT2D eigenvalue weighted by Gasteiger charge is 2.62. The second-order valence-electron chi connectivity index (χ2n) is 10.7. The number of carbonyl (C=O) groups is 3. The second-order valence-corrected chi connectivity index (χ2v) is 12.4. The first-order valence-electron chi connectivity index (χ1n) is 14.2. The molecule has 0 aliphatic carbocycles. The molecule has 17 heteroatoms. The van der Waals surface area contributed by atoms with Crippen LogP contribution in [0, 0.1) is 6.92 Å². The van der Waals surface area contributed by atoms with E-state index in [1.807, 2.05) is 19.1 Å². The first-order chi connectivity index (χ1) is 22.3. The lowest BCUT2D eigenvalue weighted by Gasteiger charge is -2.34. The fourth-order valence-electron chi connectivity index (χ4n) is 5.04. The average Bonchev–Trinajstić information content (AvgIpc) is 3.56. The van der Waals surface area contributed by atoms with E-state index in [9.17, 15) is 27.6 Å². The zero-order valence-corrected chi connectivity index (χ0v) is 26.5. The van der Waals surface area contributed by atoms with Crippen LogP contribution < -0.4 is 15.6 Å². The number of aromatic amines is 1. The Morgan fingerprint density at radius 3 is 2.36 bits per heavy atom. The molecule has 47 heavy (non-hydrogen) atoms. The normalized spacial score (nSPS) is 20.9. The van der Waals surface area contributed by atoms with Crippen LogP contribution in [0.5, 0.6) is 5.75 Å². The number of esters is 2. The van der Waals surface area contributed by atoms with Gasteiger partial charge in [-0.15, -0.1) is 0 Å². The first-order valence-corrected chi connectivity index (χ1v) is 16.0. The molecule has 4 aromatic rings. The Bertz CT molecular complexity index is 1960. The molecule has 1 fully saturated rings. The number of carbonyl (C=O) groups excluding carboxylic acids is 3.